The number of aromatic nitrogens is 1. The van der Waals surface area contributed by atoms with Crippen LogP contribution in [0.1, 0.15) is 4.88 Å². The van der Waals surface area contributed by atoms with Gasteiger partial charge in [0.25, 0.3) is 5.91 Å². The van der Waals surface area contributed by atoms with Gasteiger partial charge in [-0.2, -0.15) is 0 Å². The summed E-state index contributed by atoms with van der Waals surface area (Å²) in [6.45, 7) is 0. The minimum absolute atomic E-state index is 0.139. The Morgan fingerprint density at radius 1 is 1.12 bits per heavy atom. The zero-order valence-corrected chi connectivity index (χ0v) is 14.8. The Kier molecular flexibility index (Phi) is 3.66. The normalized spacial score (nSPS) is 13.0. The highest BCUT2D eigenvalue weighted by Gasteiger charge is 2.26. The molecular weight excluding hydrogens is 411 g/mol. The smallest absolute Gasteiger partial charge is 0.315 e. The number of benzene rings is 2. The van der Waals surface area contributed by atoms with Gasteiger partial charge in [-0.05, 0) is 42.5 Å². The van der Waals surface area contributed by atoms with Crippen molar-refractivity contribution >= 4 is 38.7 Å². The van der Waals surface area contributed by atoms with Crippen molar-refractivity contribution in [2.75, 3.05) is 0 Å². The zero-order chi connectivity index (χ0) is 17.7. The van der Waals surface area contributed by atoms with E-state index < -0.39 is 16.6 Å². The van der Waals surface area contributed by atoms with Crippen LogP contribution >= 0.6 is 27.3 Å². The Labute approximate surface area is 152 Å². The number of halogens is 2. The molecule has 0 aliphatic carbocycles. The van der Waals surface area contributed by atoms with Crippen LogP contribution < -0.4 is 15.4 Å². The molecule has 0 radical (unpaired) electrons. The van der Waals surface area contributed by atoms with Gasteiger partial charge in [-0.15, -0.1) is 0 Å². The van der Waals surface area contributed by atoms with Gasteiger partial charge in [0.05, 0.1) is 16.6 Å². The fraction of sp³-hybridized carbons (Fsp3) is 0. The molecule has 0 saturated carbocycles. The predicted molar refractivity (Wildman–Crippen MR) is 94.0 cm³/mol. The van der Waals surface area contributed by atoms with Crippen LogP contribution in [0.5, 0.6) is 5.88 Å². The Bertz CT molecular complexity index is 1210. The third kappa shape index (κ3) is 2.54. The Hall–Kier alpha value is -2.58. The van der Waals surface area contributed by atoms with E-state index in [0.29, 0.717) is 16.3 Å². The second kappa shape index (κ2) is 5.75. The molecule has 2 aromatic carbocycles. The maximum atomic E-state index is 13.1. The van der Waals surface area contributed by atoms with Crippen LogP contribution in [0.15, 0.2) is 56.7 Å². The van der Waals surface area contributed by atoms with Gasteiger partial charge in [0, 0.05) is 9.69 Å². The first kappa shape index (κ1) is 15.9. The molecule has 0 saturated heterocycles. The van der Waals surface area contributed by atoms with Crippen molar-refractivity contribution in [2.24, 2.45) is 4.99 Å². The minimum Gasteiger partial charge on any atom is -0.493 e. The highest BCUT2D eigenvalue weighted by atomic mass is 79.9. The van der Waals surface area contributed by atoms with E-state index in [9.17, 15) is 19.1 Å². The molecule has 0 bridgehead atoms. The van der Waals surface area contributed by atoms with Crippen molar-refractivity contribution in [1.82, 2.24) is 4.57 Å². The maximum Gasteiger partial charge on any atom is 0.315 e. The van der Waals surface area contributed by atoms with E-state index in [4.69, 9.17) is 0 Å². The first-order chi connectivity index (χ1) is 12.0. The molecule has 8 heteroatoms. The number of fused-ring (bicyclic) bond motifs is 1. The van der Waals surface area contributed by atoms with Crippen molar-refractivity contribution in [2.45, 2.75) is 0 Å². The molecule has 0 unspecified atom stereocenters. The van der Waals surface area contributed by atoms with Gasteiger partial charge < -0.3 is 5.11 Å². The van der Waals surface area contributed by atoms with Crippen molar-refractivity contribution in [3.05, 3.63) is 77.9 Å². The summed E-state index contributed by atoms with van der Waals surface area (Å²) in [4.78, 5) is 28.3. The highest BCUT2D eigenvalue weighted by molar-refractivity contribution is 9.10. The number of amides is 1. The van der Waals surface area contributed by atoms with Gasteiger partial charge in [0.1, 0.15) is 10.7 Å². The third-order valence-corrected chi connectivity index (χ3v) is 5.20. The number of aromatic hydroxyl groups is 1. The first-order valence-electron chi connectivity index (χ1n) is 7.10. The molecule has 1 aliphatic heterocycles. The number of nitrogens with zero attached hydrogens (tertiary/aromatic N) is 2. The fourth-order valence-corrected chi connectivity index (χ4v) is 3.95. The van der Waals surface area contributed by atoms with Crippen LogP contribution in [-0.4, -0.2) is 15.6 Å². The molecule has 2 heterocycles. The molecule has 124 valence electrons. The van der Waals surface area contributed by atoms with Crippen LogP contribution in [-0.2, 0) is 4.79 Å². The van der Waals surface area contributed by atoms with E-state index in [1.807, 2.05) is 0 Å². The molecule has 4 rings (SSSR count). The van der Waals surface area contributed by atoms with Gasteiger partial charge in [-0.25, -0.2) is 13.9 Å². The van der Waals surface area contributed by atoms with Gasteiger partial charge in [-0.3, -0.25) is 9.59 Å². The number of rotatable bonds is 2. The lowest BCUT2D eigenvalue weighted by molar-refractivity contribution is -0.112. The van der Waals surface area contributed by atoms with Gasteiger partial charge in [0.2, 0.25) is 5.88 Å². The SMILES string of the molecule is O=C1N=c2ccc(Br)cc2=C1c1sc(=O)n(-c2ccc(F)cc2)c1O. The standard InChI is InChI=1S/C17H8BrFN2O3S/c18-8-1-6-12-11(7-8)13(15(22)20-12)14-16(23)21(17(24)25-14)10-4-2-9(19)3-5-10/h1-7,23H. The van der Waals surface area contributed by atoms with Crippen molar-refractivity contribution in [3.8, 4) is 11.6 Å². The van der Waals surface area contributed by atoms with E-state index in [-0.39, 0.29) is 16.3 Å². The lowest BCUT2D eigenvalue weighted by Crippen LogP contribution is -2.22. The van der Waals surface area contributed by atoms with Gasteiger partial charge in [-0.1, -0.05) is 27.3 Å². The van der Waals surface area contributed by atoms with E-state index in [1.54, 1.807) is 18.2 Å². The lowest BCUT2D eigenvalue weighted by atomic mass is 10.1. The maximum absolute atomic E-state index is 13.1. The van der Waals surface area contributed by atoms with E-state index in [0.717, 1.165) is 20.4 Å². The second-order valence-corrected chi connectivity index (χ2v) is 7.16. The van der Waals surface area contributed by atoms with Crippen molar-refractivity contribution in [1.29, 1.82) is 0 Å². The first-order valence-corrected chi connectivity index (χ1v) is 8.70. The average molecular weight is 419 g/mol. The number of carbonyl (C=O) groups is 1. The average Bonchev–Trinajstić information content (AvgIpc) is 3.04. The molecule has 25 heavy (non-hydrogen) atoms. The van der Waals surface area contributed by atoms with Gasteiger partial charge in [0.15, 0.2) is 0 Å². The third-order valence-electron chi connectivity index (χ3n) is 3.76. The van der Waals surface area contributed by atoms with E-state index >= 15 is 0 Å². The van der Waals surface area contributed by atoms with Crippen LogP contribution in [0.25, 0.3) is 11.3 Å². The summed E-state index contributed by atoms with van der Waals surface area (Å²) in [7, 11) is 0. The van der Waals surface area contributed by atoms with Crippen molar-refractivity contribution in [3.63, 3.8) is 0 Å². The molecular formula is C17H8BrFN2O3S. The Morgan fingerprint density at radius 3 is 2.56 bits per heavy atom. The molecule has 3 aromatic rings. The number of hydrogen-bond acceptors (Lipinski definition) is 4. The topological polar surface area (TPSA) is 71.7 Å². The summed E-state index contributed by atoms with van der Waals surface area (Å²) in [6, 6.07) is 10.3. The Balaban J connectivity index is 2.00. The van der Waals surface area contributed by atoms with Crippen LogP contribution in [0.3, 0.4) is 0 Å². The minimum atomic E-state index is -0.518. The molecule has 0 fully saturated rings. The molecule has 1 aromatic heterocycles. The summed E-state index contributed by atoms with van der Waals surface area (Å²) in [5, 5.41) is 11.6. The number of thiazole rings is 1. The molecule has 1 aliphatic rings. The summed E-state index contributed by atoms with van der Waals surface area (Å²) >= 11 is 4.08. The molecule has 1 N–H and O–H groups in total. The van der Waals surface area contributed by atoms with Crippen molar-refractivity contribution < 1.29 is 14.3 Å². The van der Waals surface area contributed by atoms with Crippen LogP contribution in [0.4, 0.5) is 4.39 Å². The highest BCUT2D eigenvalue weighted by Crippen LogP contribution is 2.30. The second-order valence-electron chi connectivity index (χ2n) is 5.29. The van der Waals surface area contributed by atoms with E-state index in [1.165, 1.54) is 24.3 Å². The van der Waals surface area contributed by atoms with Gasteiger partial charge >= 0.3 is 4.87 Å². The molecule has 5 nitrogen and oxygen atoms in total. The van der Waals surface area contributed by atoms with Crippen LogP contribution in [0, 0.1) is 5.82 Å². The molecule has 0 spiro atoms. The molecule has 1 amide bonds. The summed E-state index contributed by atoms with van der Waals surface area (Å²) in [5.41, 5.74) is 0.487. The van der Waals surface area contributed by atoms with E-state index in [2.05, 4.69) is 20.9 Å². The number of hydrogen-bond donors (Lipinski definition) is 1. The number of carbonyl (C=O) groups excluding carboxylic acids is 1. The van der Waals surface area contributed by atoms with Crippen LogP contribution in [0.2, 0.25) is 0 Å². The zero-order valence-electron chi connectivity index (χ0n) is 12.4. The Morgan fingerprint density at radius 2 is 1.84 bits per heavy atom. The summed E-state index contributed by atoms with van der Waals surface area (Å²) < 4.78 is 14.9. The fourth-order valence-electron chi connectivity index (χ4n) is 2.65. The largest absolute Gasteiger partial charge is 0.493 e. The summed E-state index contributed by atoms with van der Waals surface area (Å²) in [5.74, 6) is -1.34. The monoisotopic (exact) mass is 418 g/mol. The quantitative estimate of drug-likeness (QED) is 0.690. The summed E-state index contributed by atoms with van der Waals surface area (Å²) in [6.07, 6.45) is 0. The predicted octanol–water partition coefficient (Wildman–Crippen LogP) is 1.86. The lowest BCUT2D eigenvalue weighted by Gasteiger charge is -2.04. The molecule has 0 atom stereocenters.